The molecule has 0 amide bonds. The lowest BCUT2D eigenvalue weighted by Crippen LogP contribution is -2.14. The Hall–Kier alpha value is -2.01. The van der Waals surface area contributed by atoms with E-state index in [0.717, 1.165) is 36.7 Å². The number of ether oxygens (including phenoxy) is 1. The summed E-state index contributed by atoms with van der Waals surface area (Å²) in [5, 5.41) is 3.24. The third kappa shape index (κ3) is 3.99. The van der Waals surface area contributed by atoms with Crippen molar-refractivity contribution in [3.05, 3.63) is 53.9 Å². The lowest BCUT2D eigenvalue weighted by molar-refractivity contribution is 0.458. The largest absolute Gasteiger partial charge is 0.455 e. The number of benzene rings is 1. The molecule has 0 aliphatic rings. The summed E-state index contributed by atoms with van der Waals surface area (Å²) < 4.78 is 31.8. The van der Waals surface area contributed by atoms with Gasteiger partial charge in [0.05, 0.1) is 6.20 Å². The zero-order chi connectivity index (χ0) is 14.4. The first-order valence-electron chi connectivity index (χ1n) is 6.46. The molecule has 1 aromatic heterocycles. The standard InChI is InChI=1S/C15H16F2N2O/c1-2-4-18-9-11-3-5-19-10-15(11)20-14-7-12(16)6-13(17)8-14/h3,5-8,10,18H,2,4,9H2,1H3. The summed E-state index contributed by atoms with van der Waals surface area (Å²) in [6.07, 6.45) is 4.21. The lowest BCUT2D eigenvalue weighted by atomic mass is 10.2. The first-order chi connectivity index (χ1) is 9.69. The quantitative estimate of drug-likeness (QED) is 0.819. The molecule has 0 bridgehead atoms. The molecule has 3 nitrogen and oxygen atoms in total. The number of pyridine rings is 1. The molecule has 0 fully saturated rings. The van der Waals surface area contributed by atoms with Crippen LogP contribution < -0.4 is 10.1 Å². The van der Waals surface area contributed by atoms with Gasteiger partial charge in [-0.2, -0.15) is 0 Å². The van der Waals surface area contributed by atoms with E-state index in [9.17, 15) is 8.78 Å². The Labute approximate surface area is 116 Å². The van der Waals surface area contributed by atoms with E-state index in [-0.39, 0.29) is 5.75 Å². The number of nitrogens with one attached hydrogen (secondary N) is 1. The van der Waals surface area contributed by atoms with Gasteiger partial charge in [0.1, 0.15) is 23.1 Å². The highest BCUT2D eigenvalue weighted by atomic mass is 19.1. The number of rotatable bonds is 6. The summed E-state index contributed by atoms with van der Waals surface area (Å²) in [5.74, 6) is -0.738. The van der Waals surface area contributed by atoms with Crippen molar-refractivity contribution in [3.8, 4) is 11.5 Å². The van der Waals surface area contributed by atoms with E-state index < -0.39 is 11.6 Å². The molecule has 106 valence electrons. The van der Waals surface area contributed by atoms with Gasteiger partial charge in [-0.3, -0.25) is 4.98 Å². The molecule has 5 heteroatoms. The highest BCUT2D eigenvalue weighted by Gasteiger charge is 2.07. The van der Waals surface area contributed by atoms with Crippen LogP contribution in [0.2, 0.25) is 0 Å². The van der Waals surface area contributed by atoms with E-state index in [1.54, 1.807) is 6.20 Å². The molecule has 20 heavy (non-hydrogen) atoms. The van der Waals surface area contributed by atoms with E-state index in [2.05, 4.69) is 17.2 Å². The summed E-state index contributed by atoms with van der Waals surface area (Å²) >= 11 is 0. The van der Waals surface area contributed by atoms with Gasteiger partial charge in [0.15, 0.2) is 0 Å². The first kappa shape index (κ1) is 14.4. The average Bonchev–Trinajstić information content (AvgIpc) is 2.40. The van der Waals surface area contributed by atoms with Crippen LogP contribution in [0.1, 0.15) is 18.9 Å². The number of hydrogen-bond acceptors (Lipinski definition) is 3. The highest BCUT2D eigenvalue weighted by molar-refractivity contribution is 5.35. The second kappa shape index (κ2) is 6.96. The summed E-state index contributed by atoms with van der Waals surface area (Å²) in [5.41, 5.74) is 0.887. The van der Waals surface area contributed by atoms with Crippen LogP contribution in [0.5, 0.6) is 11.5 Å². The molecule has 1 aromatic carbocycles. The van der Waals surface area contributed by atoms with E-state index in [1.165, 1.54) is 6.20 Å². The predicted octanol–water partition coefficient (Wildman–Crippen LogP) is 3.65. The molecule has 1 N–H and O–H groups in total. The highest BCUT2D eigenvalue weighted by Crippen LogP contribution is 2.25. The third-order valence-electron chi connectivity index (χ3n) is 2.68. The van der Waals surface area contributed by atoms with Gasteiger partial charge in [-0.25, -0.2) is 8.78 Å². The third-order valence-corrected chi connectivity index (χ3v) is 2.68. The van der Waals surface area contributed by atoms with Crippen LogP contribution in [0, 0.1) is 11.6 Å². The Kier molecular flexibility index (Phi) is 5.01. The van der Waals surface area contributed by atoms with E-state index in [0.29, 0.717) is 12.3 Å². The maximum absolute atomic E-state index is 13.1. The molecular weight excluding hydrogens is 262 g/mol. The van der Waals surface area contributed by atoms with Gasteiger partial charge in [0, 0.05) is 36.5 Å². The van der Waals surface area contributed by atoms with E-state index >= 15 is 0 Å². The molecule has 2 rings (SSSR count). The fourth-order valence-electron chi connectivity index (χ4n) is 1.76. The molecule has 1 heterocycles. The van der Waals surface area contributed by atoms with Gasteiger partial charge >= 0.3 is 0 Å². The van der Waals surface area contributed by atoms with Crippen LogP contribution in [-0.4, -0.2) is 11.5 Å². The Morgan fingerprint density at radius 1 is 1.20 bits per heavy atom. The van der Waals surface area contributed by atoms with Crippen molar-refractivity contribution >= 4 is 0 Å². The lowest BCUT2D eigenvalue weighted by Gasteiger charge is -2.11. The second-order valence-electron chi connectivity index (χ2n) is 4.37. The maximum atomic E-state index is 13.1. The van der Waals surface area contributed by atoms with Gasteiger partial charge in [0.2, 0.25) is 0 Å². The normalized spacial score (nSPS) is 10.6. The Morgan fingerprint density at radius 3 is 2.65 bits per heavy atom. The van der Waals surface area contributed by atoms with Crippen molar-refractivity contribution in [1.82, 2.24) is 10.3 Å². The van der Waals surface area contributed by atoms with E-state index in [1.807, 2.05) is 6.07 Å². The van der Waals surface area contributed by atoms with Crippen molar-refractivity contribution < 1.29 is 13.5 Å². The molecule has 0 saturated carbocycles. The average molecular weight is 278 g/mol. The van der Waals surface area contributed by atoms with Gasteiger partial charge in [0.25, 0.3) is 0 Å². The zero-order valence-electron chi connectivity index (χ0n) is 11.2. The first-order valence-corrected chi connectivity index (χ1v) is 6.46. The van der Waals surface area contributed by atoms with Crippen LogP contribution >= 0.6 is 0 Å². The monoisotopic (exact) mass is 278 g/mol. The van der Waals surface area contributed by atoms with Crippen LogP contribution in [0.3, 0.4) is 0 Å². The van der Waals surface area contributed by atoms with Crippen LogP contribution in [0.25, 0.3) is 0 Å². The molecule has 0 spiro atoms. The van der Waals surface area contributed by atoms with Crippen molar-refractivity contribution in [3.63, 3.8) is 0 Å². The van der Waals surface area contributed by atoms with Gasteiger partial charge in [-0.1, -0.05) is 6.92 Å². The van der Waals surface area contributed by atoms with Crippen molar-refractivity contribution in [2.24, 2.45) is 0 Å². The zero-order valence-corrected chi connectivity index (χ0v) is 11.2. The van der Waals surface area contributed by atoms with Crippen molar-refractivity contribution in [2.75, 3.05) is 6.54 Å². The van der Waals surface area contributed by atoms with E-state index in [4.69, 9.17) is 4.74 Å². The van der Waals surface area contributed by atoms with Gasteiger partial charge < -0.3 is 10.1 Å². The fraction of sp³-hybridized carbons (Fsp3) is 0.267. The summed E-state index contributed by atoms with van der Waals surface area (Å²) in [6, 6.07) is 4.89. The minimum Gasteiger partial charge on any atom is -0.455 e. The Balaban J connectivity index is 2.15. The molecule has 0 atom stereocenters. The summed E-state index contributed by atoms with van der Waals surface area (Å²) in [6.45, 7) is 3.58. The molecule has 2 aromatic rings. The predicted molar refractivity (Wildman–Crippen MR) is 72.7 cm³/mol. The van der Waals surface area contributed by atoms with Crippen LogP contribution in [0.4, 0.5) is 8.78 Å². The molecular formula is C15H16F2N2O. The smallest absolute Gasteiger partial charge is 0.150 e. The van der Waals surface area contributed by atoms with Crippen LogP contribution in [-0.2, 0) is 6.54 Å². The summed E-state index contributed by atoms with van der Waals surface area (Å²) in [4.78, 5) is 3.97. The maximum Gasteiger partial charge on any atom is 0.150 e. The number of aromatic nitrogens is 1. The molecule has 0 radical (unpaired) electrons. The van der Waals surface area contributed by atoms with Crippen molar-refractivity contribution in [1.29, 1.82) is 0 Å². The number of hydrogen-bond donors (Lipinski definition) is 1. The number of halogens is 2. The molecule has 0 aliphatic heterocycles. The molecule has 0 saturated heterocycles. The topological polar surface area (TPSA) is 34.2 Å². The Bertz CT molecular complexity index is 555. The second-order valence-corrected chi connectivity index (χ2v) is 4.37. The Morgan fingerprint density at radius 2 is 1.95 bits per heavy atom. The molecule has 0 unspecified atom stereocenters. The molecule has 0 aliphatic carbocycles. The SMILES string of the molecule is CCCNCc1ccncc1Oc1cc(F)cc(F)c1. The minimum atomic E-state index is -0.672. The summed E-state index contributed by atoms with van der Waals surface area (Å²) in [7, 11) is 0. The number of nitrogens with zero attached hydrogens (tertiary/aromatic N) is 1. The fourth-order valence-corrected chi connectivity index (χ4v) is 1.76. The minimum absolute atomic E-state index is 0.118. The van der Waals surface area contributed by atoms with Gasteiger partial charge in [-0.15, -0.1) is 0 Å². The van der Waals surface area contributed by atoms with Crippen molar-refractivity contribution in [2.45, 2.75) is 19.9 Å². The van der Waals surface area contributed by atoms with Gasteiger partial charge in [-0.05, 0) is 19.0 Å². The van der Waals surface area contributed by atoms with Crippen LogP contribution in [0.15, 0.2) is 36.7 Å².